The molecule has 2 aromatic rings. The van der Waals surface area contributed by atoms with Gasteiger partial charge in [0.05, 0.1) is 12.2 Å². The third-order valence-corrected chi connectivity index (χ3v) is 2.96. The first-order valence-corrected chi connectivity index (χ1v) is 7.44. The second-order valence-corrected chi connectivity index (χ2v) is 4.87. The summed E-state index contributed by atoms with van der Waals surface area (Å²) in [6.07, 6.45) is -0.0687. The van der Waals surface area contributed by atoms with Crippen LogP contribution in [0.1, 0.15) is 11.4 Å². The molecular formula is C16H20F2IN5O. The number of nitrogens with two attached hydrogens (primary N) is 1. The largest absolute Gasteiger partial charge is 0.472 e. The highest BCUT2D eigenvalue weighted by Gasteiger charge is 2.05. The predicted octanol–water partition coefficient (Wildman–Crippen LogP) is 2.39. The van der Waals surface area contributed by atoms with Gasteiger partial charge in [-0.1, -0.05) is 12.1 Å². The summed E-state index contributed by atoms with van der Waals surface area (Å²) >= 11 is 0. The zero-order valence-corrected chi connectivity index (χ0v) is 15.8. The minimum absolute atomic E-state index is 0. The van der Waals surface area contributed by atoms with E-state index in [4.69, 9.17) is 10.5 Å². The number of nitrogens with zero attached hydrogens (tertiary/aromatic N) is 3. The zero-order valence-electron chi connectivity index (χ0n) is 13.4. The normalized spacial score (nSPS) is 11.1. The number of hydrogen-bond donors (Lipinski definition) is 2. The Morgan fingerprint density at radius 1 is 1.20 bits per heavy atom. The van der Waals surface area contributed by atoms with Crippen LogP contribution in [0.5, 0.6) is 5.88 Å². The van der Waals surface area contributed by atoms with Gasteiger partial charge in [-0.25, -0.2) is 18.8 Å². The van der Waals surface area contributed by atoms with Gasteiger partial charge in [-0.2, -0.15) is 0 Å². The maximum Gasteiger partial charge on any atom is 0.272 e. The molecule has 0 aliphatic heterocycles. The third-order valence-electron chi connectivity index (χ3n) is 2.96. The van der Waals surface area contributed by atoms with Crippen LogP contribution in [0.25, 0.3) is 0 Å². The van der Waals surface area contributed by atoms with E-state index in [1.807, 2.05) is 18.2 Å². The van der Waals surface area contributed by atoms with Gasteiger partial charge in [0.15, 0.2) is 12.6 Å². The number of rotatable bonds is 8. The minimum Gasteiger partial charge on any atom is -0.472 e. The average molecular weight is 463 g/mol. The summed E-state index contributed by atoms with van der Waals surface area (Å²) in [5.74, 6) is 0.427. The molecule has 0 saturated heterocycles. The smallest absolute Gasteiger partial charge is 0.272 e. The molecule has 6 nitrogen and oxygen atoms in total. The highest BCUT2D eigenvalue weighted by Crippen LogP contribution is 2.09. The molecule has 0 fully saturated rings. The molecule has 0 spiro atoms. The summed E-state index contributed by atoms with van der Waals surface area (Å²) in [5, 5.41) is 2.99. The molecule has 0 aliphatic carbocycles. The number of guanidine groups is 1. The quantitative estimate of drug-likeness (QED) is 0.357. The van der Waals surface area contributed by atoms with Gasteiger partial charge >= 0.3 is 0 Å². The van der Waals surface area contributed by atoms with E-state index in [0.717, 1.165) is 12.1 Å². The van der Waals surface area contributed by atoms with Crippen molar-refractivity contribution < 1.29 is 13.5 Å². The lowest BCUT2D eigenvalue weighted by molar-refractivity contribution is 0.0795. The van der Waals surface area contributed by atoms with Gasteiger partial charge in [-0.15, -0.1) is 24.0 Å². The molecular weight excluding hydrogens is 443 g/mol. The summed E-state index contributed by atoms with van der Waals surface area (Å²) in [4.78, 5) is 12.5. The van der Waals surface area contributed by atoms with Crippen LogP contribution in [-0.4, -0.2) is 35.5 Å². The predicted molar refractivity (Wildman–Crippen MR) is 102 cm³/mol. The Morgan fingerprint density at radius 3 is 2.72 bits per heavy atom. The van der Waals surface area contributed by atoms with Crippen molar-refractivity contribution in [1.82, 2.24) is 15.3 Å². The Labute approximate surface area is 161 Å². The second kappa shape index (κ2) is 11.5. The first-order chi connectivity index (χ1) is 11.6. The van der Waals surface area contributed by atoms with Gasteiger partial charge in [0, 0.05) is 30.9 Å². The van der Waals surface area contributed by atoms with E-state index in [1.165, 1.54) is 6.07 Å². The topological polar surface area (TPSA) is 85.4 Å². The maximum atomic E-state index is 12.1. The van der Waals surface area contributed by atoms with E-state index in [9.17, 15) is 8.78 Å². The number of aromatic nitrogens is 2. The van der Waals surface area contributed by atoms with Crippen molar-refractivity contribution in [3.63, 3.8) is 0 Å². The van der Waals surface area contributed by atoms with Crippen molar-refractivity contribution in [2.75, 3.05) is 13.2 Å². The SMILES string of the molecule is I.NC(=NCc1cccc(OCC(F)F)n1)NCCc1ccccn1. The van der Waals surface area contributed by atoms with Crippen molar-refractivity contribution in [3.05, 3.63) is 54.0 Å². The number of aliphatic imine (C=N–C) groups is 1. The Morgan fingerprint density at radius 2 is 2.00 bits per heavy atom. The fourth-order valence-electron chi connectivity index (χ4n) is 1.86. The van der Waals surface area contributed by atoms with E-state index >= 15 is 0 Å². The first-order valence-electron chi connectivity index (χ1n) is 7.44. The lowest BCUT2D eigenvalue weighted by atomic mass is 10.3. The molecule has 0 aliphatic rings. The molecule has 2 rings (SSSR count). The van der Waals surface area contributed by atoms with E-state index in [-0.39, 0.29) is 42.4 Å². The van der Waals surface area contributed by atoms with E-state index in [0.29, 0.717) is 12.2 Å². The molecule has 0 amide bonds. The van der Waals surface area contributed by atoms with Crippen LogP contribution in [0.4, 0.5) is 8.78 Å². The van der Waals surface area contributed by atoms with Crippen LogP contribution in [0.3, 0.4) is 0 Å². The van der Waals surface area contributed by atoms with Crippen LogP contribution >= 0.6 is 24.0 Å². The highest BCUT2D eigenvalue weighted by molar-refractivity contribution is 14.0. The second-order valence-electron chi connectivity index (χ2n) is 4.87. The number of pyridine rings is 2. The number of ether oxygens (including phenoxy) is 1. The molecule has 2 heterocycles. The number of hydrogen-bond acceptors (Lipinski definition) is 4. The summed E-state index contributed by atoms with van der Waals surface area (Å²) < 4.78 is 29.1. The van der Waals surface area contributed by atoms with E-state index in [2.05, 4.69) is 20.3 Å². The Balaban J connectivity index is 0.00000312. The lowest BCUT2D eigenvalue weighted by Crippen LogP contribution is -2.33. The van der Waals surface area contributed by atoms with Crippen molar-refractivity contribution in [3.8, 4) is 5.88 Å². The Kier molecular flexibility index (Phi) is 9.66. The minimum atomic E-state index is -2.53. The van der Waals surface area contributed by atoms with Crippen molar-refractivity contribution in [1.29, 1.82) is 0 Å². The number of alkyl halides is 2. The van der Waals surface area contributed by atoms with Crippen molar-refractivity contribution in [2.45, 2.75) is 19.4 Å². The molecule has 9 heteroatoms. The molecule has 0 aromatic carbocycles. The van der Waals surface area contributed by atoms with E-state index in [1.54, 1.807) is 18.3 Å². The zero-order chi connectivity index (χ0) is 17.2. The van der Waals surface area contributed by atoms with Gasteiger partial charge in [0.25, 0.3) is 6.43 Å². The average Bonchev–Trinajstić information content (AvgIpc) is 2.59. The summed E-state index contributed by atoms with van der Waals surface area (Å²) in [6.45, 7) is 0.155. The standard InChI is InChI=1S/C16H19F2N5O.HI/c17-14(18)11-24-15-6-3-5-13(23-15)10-22-16(19)21-9-7-12-4-1-2-8-20-12;/h1-6,8,14H,7,9-11H2,(H3,19,21,22);1H. The summed E-state index contributed by atoms with van der Waals surface area (Å²) in [7, 11) is 0. The monoisotopic (exact) mass is 463 g/mol. The maximum absolute atomic E-state index is 12.1. The highest BCUT2D eigenvalue weighted by atomic mass is 127. The van der Waals surface area contributed by atoms with Gasteiger partial charge < -0.3 is 15.8 Å². The lowest BCUT2D eigenvalue weighted by Gasteiger charge is -2.07. The molecule has 0 bridgehead atoms. The van der Waals surface area contributed by atoms with Gasteiger partial charge in [-0.3, -0.25) is 4.98 Å². The Bertz CT molecular complexity index is 658. The molecule has 0 saturated carbocycles. The van der Waals surface area contributed by atoms with Crippen molar-refractivity contribution in [2.24, 2.45) is 10.7 Å². The molecule has 136 valence electrons. The fourth-order valence-corrected chi connectivity index (χ4v) is 1.86. The summed E-state index contributed by atoms with van der Waals surface area (Å²) in [5.41, 5.74) is 7.32. The number of nitrogens with one attached hydrogen (secondary N) is 1. The fraction of sp³-hybridized carbons (Fsp3) is 0.312. The van der Waals surface area contributed by atoms with Crippen LogP contribution in [0, 0.1) is 0 Å². The molecule has 0 unspecified atom stereocenters. The number of halogens is 3. The van der Waals surface area contributed by atoms with E-state index < -0.39 is 13.0 Å². The van der Waals surface area contributed by atoms with Crippen LogP contribution in [0.15, 0.2) is 47.6 Å². The van der Waals surface area contributed by atoms with Crippen LogP contribution in [-0.2, 0) is 13.0 Å². The molecule has 3 N–H and O–H groups in total. The van der Waals surface area contributed by atoms with Gasteiger partial charge in [-0.05, 0) is 18.2 Å². The molecule has 25 heavy (non-hydrogen) atoms. The summed E-state index contributed by atoms with van der Waals surface area (Å²) in [6, 6.07) is 10.6. The first kappa shape index (κ1) is 21.0. The molecule has 0 radical (unpaired) electrons. The van der Waals surface area contributed by atoms with Crippen molar-refractivity contribution >= 4 is 29.9 Å². The van der Waals surface area contributed by atoms with Gasteiger partial charge in [0.1, 0.15) is 0 Å². The Hall–Kier alpha value is -2.04. The molecule has 2 aromatic heterocycles. The van der Waals surface area contributed by atoms with Gasteiger partial charge in [0.2, 0.25) is 5.88 Å². The molecule has 0 atom stereocenters. The van der Waals surface area contributed by atoms with Crippen LogP contribution < -0.4 is 15.8 Å². The third kappa shape index (κ3) is 8.57. The van der Waals surface area contributed by atoms with Crippen LogP contribution in [0.2, 0.25) is 0 Å².